The molecule has 130 valence electrons. The topological polar surface area (TPSA) is 53.3 Å². The third-order valence-electron chi connectivity index (χ3n) is 4.77. The lowest BCUT2D eigenvalue weighted by Crippen LogP contribution is -2.39. The van der Waals surface area contributed by atoms with Gasteiger partial charge in [0.15, 0.2) is 0 Å². The second kappa shape index (κ2) is 7.45. The van der Waals surface area contributed by atoms with E-state index in [1.807, 2.05) is 23.7 Å². The normalized spacial score (nSPS) is 15.8. The van der Waals surface area contributed by atoms with Gasteiger partial charge in [0, 0.05) is 35.4 Å². The van der Waals surface area contributed by atoms with Gasteiger partial charge < -0.3 is 15.3 Å². The summed E-state index contributed by atoms with van der Waals surface area (Å²) in [5.41, 5.74) is 3.42. The van der Waals surface area contributed by atoms with Gasteiger partial charge in [0.25, 0.3) is 0 Å². The first-order valence-corrected chi connectivity index (χ1v) is 8.88. The number of aromatic nitrogens is 2. The monoisotopic (exact) mass is 348 g/mol. The van der Waals surface area contributed by atoms with Crippen molar-refractivity contribution in [3.05, 3.63) is 40.5 Å². The maximum atomic E-state index is 9.23. The van der Waals surface area contributed by atoms with Gasteiger partial charge in [0.05, 0.1) is 18.8 Å². The van der Waals surface area contributed by atoms with Crippen molar-refractivity contribution in [3.63, 3.8) is 0 Å². The molecule has 2 N–H and O–H groups in total. The van der Waals surface area contributed by atoms with Gasteiger partial charge in [0.1, 0.15) is 5.82 Å². The lowest BCUT2D eigenvalue weighted by Gasteiger charge is -2.34. The second-order valence-electron chi connectivity index (χ2n) is 6.39. The number of piperidine rings is 1. The number of rotatable bonds is 5. The van der Waals surface area contributed by atoms with Gasteiger partial charge in [-0.25, -0.2) is 4.68 Å². The Bertz CT molecular complexity index is 675. The van der Waals surface area contributed by atoms with Crippen molar-refractivity contribution < 1.29 is 5.11 Å². The summed E-state index contributed by atoms with van der Waals surface area (Å²) in [5, 5.41) is 18.2. The fourth-order valence-electron chi connectivity index (χ4n) is 3.24. The number of aliphatic hydroxyl groups is 1. The van der Waals surface area contributed by atoms with Gasteiger partial charge in [-0.05, 0) is 51.0 Å². The Morgan fingerprint density at radius 2 is 1.88 bits per heavy atom. The van der Waals surface area contributed by atoms with Gasteiger partial charge in [-0.3, -0.25) is 0 Å². The van der Waals surface area contributed by atoms with Crippen LogP contribution in [-0.4, -0.2) is 40.6 Å². The van der Waals surface area contributed by atoms with E-state index in [0.29, 0.717) is 12.6 Å². The highest BCUT2D eigenvalue weighted by Crippen LogP contribution is 2.25. The molecule has 1 fully saturated rings. The molecule has 0 amide bonds. The summed E-state index contributed by atoms with van der Waals surface area (Å²) in [6, 6.07) is 8.49. The van der Waals surface area contributed by atoms with Crippen LogP contribution < -0.4 is 10.2 Å². The van der Waals surface area contributed by atoms with E-state index in [2.05, 4.69) is 34.4 Å². The Morgan fingerprint density at radius 1 is 1.21 bits per heavy atom. The van der Waals surface area contributed by atoms with Crippen LogP contribution in [-0.2, 0) is 6.54 Å². The van der Waals surface area contributed by atoms with Crippen molar-refractivity contribution in [3.8, 4) is 0 Å². The summed E-state index contributed by atoms with van der Waals surface area (Å²) in [7, 11) is 0. The number of nitrogens with one attached hydrogen (secondary N) is 1. The molecule has 1 aliphatic heterocycles. The molecule has 2 heterocycles. The molecule has 1 saturated heterocycles. The smallest absolute Gasteiger partial charge is 0.127 e. The average Bonchev–Trinajstić information content (AvgIpc) is 2.84. The van der Waals surface area contributed by atoms with E-state index >= 15 is 0 Å². The van der Waals surface area contributed by atoms with E-state index < -0.39 is 0 Å². The molecule has 0 spiro atoms. The Balaban J connectivity index is 1.62. The zero-order valence-electron chi connectivity index (χ0n) is 14.3. The van der Waals surface area contributed by atoms with Crippen molar-refractivity contribution in [2.75, 3.05) is 29.9 Å². The Hall–Kier alpha value is -1.72. The zero-order valence-corrected chi connectivity index (χ0v) is 15.1. The zero-order chi connectivity index (χ0) is 17.1. The van der Waals surface area contributed by atoms with E-state index in [1.54, 1.807) is 0 Å². The predicted octanol–water partition coefficient (Wildman–Crippen LogP) is 3.23. The van der Waals surface area contributed by atoms with Crippen LogP contribution in [0.2, 0.25) is 5.02 Å². The lowest BCUT2D eigenvalue weighted by molar-refractivity contribution is 0.270. The summed E-state index contributed by atoms with van der Waals surface area (Å²) in [5.74, 6) is 1.05. The fraction of sp³-hybridized carbons (Fsp3) is 0.500. The second-order valence-corrected chi connectivity index (χ2v) is 6.82. The molecule has 6 heteroatoms. The summed E-state index contributed by atoms with van der Waals surface area (Å²) in [6.45, 7) is 6.76. The average molecular weight is 349 g/mol. The maximum absolute atomic E-state index is 9.23. The molecular formula is C18H25ClN4O. The van der Waals surface area contributed by atoms with E-state index in [4.69, 9.17) is 11.6 Å². The highest BCUT2D eigenvalue weighted by Gasteiger charge is 2.22. The minimum absolute atomic E-state index is 0.101. The van der Waals surface area contributed by atoms with Crippen LogP contribution in [0, 0.1) is 13.8 Å². The number of hydrogen-bond acceptors (Lipinski definition) is 4. The highest BCUT2D eigenvalue weighted by molar-refractivity contribution is 6.30. The molecule has 0 radical (unpaired) electrons. The Labute approximate surface area is 148 Å². The van der Waals surface area contributed by atoms with E-state index in [9.17, 15) is 5.11 Å². The van der Waals surface area contributed by atoms with Crippen LogP contribution in [0.1, 0.15) is 24.1 Å². The van der Waals surface area contributed by atoms with Crippen molar-refractivity contribution in [1.29, 1.82) is 0 Å². The summed E-state index contributed by atoms with van der Waals surface area (Å²) < 4.78 is 1.89. The van der Waals surface area contributed by atoms with Crippen molar-refractivity contribution in [2.24, 2.45) is 0 Å². The van der Waals surface area contributed by atoms with Crippen LogP contribution >= 0.6 is 11.6 Å². The fourth-order valence-corrected chi connectivity index (χ4v) is 3.36. The predicted molar refractivity (Wildman–Crippen MR) is 99.1 cm³/mol. The summed E-state index contributed by atoms with van der Waals surface area (Å²) in [4.78, 5) is 2.40. The largest absolute Gasteiger partial charge is 0.394 e. The molecule has 0 bridgehead atoms. The number of nitrogens with zero attached hydrogens (tertiary/aromatic N) is 3. The molecule has 24 heavy (non-hydrogen) atoms. The molecule has 0 unspecified atom stereocenters. The molecule has 3 rings (SSSR count). The third-order valence-corrected chi connectivity index (χ3v) is 5.02. The molecule has 5 nitrogen and oxygen atoms in total. The van der Waals surface area contributed by atoms with Gasteiger partial charge in [-0.1, -0.05) is 11.6 Å². The lowest BCUT2D eigenvalue weighted by atomic mass is 10.0. The number of anilines is 2. The van der Waals surface area contributed by atoms with Gasteiger partial charge >= 0.3 is 0 Å². The van der Waals surface area contributed by atoms with Crippen molar-refractivity contribution >= 4 is 23.1 Å². The number of aliphatic hydroxyl groups excluding tert-OH is 1. The SMILES string of the molecule is Cc1nn(CCO)c(NC2CCN(c3ccc(Cl)cc3)CC2)c1C. The minimum atomic E-state index is 0.101. The van der Waals surface area contributed by atoms with Crippen LogP contribution in [0.4, 0.5) is 11.5 Å². The molecule has 1 aliphatic rings. The van der Waals surface area contributed by atoms with Gasteiger partial charge in [-0.15, -0.1) is 0 Å². The standard InChI is InChI=1S/C18H25ClN4O/c1-13-14(2)21-23(11-12-24)18(13)20-16-7-9-22(10-8-16)17-5-3-15(19)4-6-17/h3-6,16,20,24H,7-12H2,1-2H3. The van der Waals surface area contributed by atoms with E-state index in [0.717, 1.165) is 42.5 Å². The van der Waals surface area contributed by atoms with E-state index in [-0.39, 0.29) is 6.61 Å². The van der Waals surface area contributed by atoms with E-state index in [1.165, 1.54) is 11.3 Å². The summed E-state index contributed by atoms with van der Waals surface area (Å²) >= 11 is 5.97. The first-order valence-electron chi connectivity index (χ1n) is 8.50. The maximum Gasteiger partial charge on any atom is 0.127 e. The first kappa shape index (κ1) is 17.1. The Kier molecular flexibility index (Phi) is 5.31. The van der Waals surface area contributed by atoms with Crippen LogP contribution in [0.15, 0.2) is 24.3 Å². The number of hydrogen-bond donors (Lipinski definition) is 2. The minimum Gasteiger partial charge on any atom is -0.394 e. The number of aryl methyl sites for hydroxylation is 1. The quantitative estimate of drug-likeness (QED) is 0.871. The van der Waals surface area contributed by atoms with Crippen molar-refractivity contribution in [2.45, 2.75) is 39.3 Å². The van der Waals surface area contributed by atoms with Crippen LogP contribution in [0.3, 0.4) is 0 Å². The van der Waals surface area contributed by atoms with Crippen LogP contribution in [0.25, 0.3) is 0 Å². The molecule has 1 aromatic heterocycles. The molecule has 0 aliphatic carbocycles. The first-order chi connectivity index (χ1) is 11.6. The molecule has 2 aromatic rings. The van der Waals surface area contributed by atoms with Crippen molar-refractivity contribution in [1.82, 2.24) is 9.78 Å². The van der Waals surface area contributed by atoms with Crippen LogP contribution in [0.5, 0.6) is 0 Å². The highest BCUT2D eigenvalue weighted by atomic mass is 35.5. The van der Waals surface area contributed by atoms with Gasteiger partial charge in [0.2, 0.25) is 0 Å². The molecule has 0 atom stereocenters. The molecule has 0 saturated carbocycles. The molecule has 1 aromatic carbocycles. The number of benzene rings is 1. The number of halogens is 1. The van der Waals surface area contributed by atoms with Gasteiger partial charge in [-0.2, -0.15) is 5.10 Å². The summed E-state index contributed by atoms with van der Waals surface area (Å²) in [6.07, 6.45) is 2.15. The molecular weight excluding hydrogens is 324 g/mol. The third kappa shape index (κ3) is 3.68. The Morgan fingerprint density at radius 3 is 2.50 bits per heavy atom.